The monoisotopic (exact) mass is 272 g/mol. The van der Waals surface area contributed by atoms with E-state index in [9.17, 15) is 10.1 Å². The lowest BCUT2D eigenvalue weighted by Gasteiger charge is -2.02. The summed E-state index contributed by atoms with van der Waals surface area (Å²) in [6.07, 6.45) is 0. The van der Waals surface area contributed by atoms with Gasteiger partial charge in [0.25, 0.3) is 5.69 Å². The second-order valence-electron chi connectivity index (χ2n) is 4.39. The van der Waals surface area contributed by atoms with Gasteiger partial charge in [-0.25, -0.2) is 4.98 Å². The van der Waals surface area contributed by atoms with E-state index >= 15 is 0 Å². The average molecular weight is 272 g/mol. The van der Waals surface area contributed by atoms with Gasteiger partial charge in [-0.2, -0.15) is 0 Å². The summed E-state index contributed by atoms with van der Waals surface area (Å²) in [5.74, 6) is 1.45. The van der Waals surface area contributed by atoms with E-state index in [-0.39, 0.29) is 5.69 Å². The van der Waals surface area contributed by atoms with Crippen molar-refractivity contribution < 1.29 is 9.45 Å². The van der Waals surface area contributed by atoms with Gasteiger partial charge in [0.2, 0.25) is 5.65 Å². The van der Waals surface area contributed by atoms with Crippen LogP contribution in [0.15, 0.2) is 28.8 Å². The molecule has 102 valence electrons. The molecule has 0 saturated heterocycles. The van der Waals surface area contributed by atoms with E-state index < -0.39 is 4.92 Å². The van der Waals surface area contributed by atoms with Gasteiger partial charge in [-0.1, -0.05) is 5.16 Å². The number of fused-ring (bicyclic) bond motifs is 1. The van der Waals surface area contributed by atoms with Crippen LogP contribution in [0.2, 0.25) is 0 Å². The van der Waals surface area contributed by atoms with E-state index in [1.807, 2.05) is 18.4 Å². The number of non-ortho nitro benzene ring substituents is 1. The zero-order valence-electron chi connectivity index (χ0n) is 11.0. The van der Waals surface area contributed by atoms with Crippen LogP contribution in [-0.4, -0.2) is 19.6 Å². The van der Waals surface area contributed by atoms with Crippen LogP contribution in [0.3, 0.4) is 0 Å². The van der Waals surface area contributed by atoms with Gasteiger partial charge in [0.05, 0.1) is 4.92 Å². The maximum Gasteiger partial charge on any atom is 0.269 e. The number of imidazole rings is 1. The minimum absolute atomic E-state index is 0.0460. The number of aryl methyl sites for hydroxylation is 2. The van der Waals surface area contributed by atoms with Gasteiger partial charge in [-0.15, -0.1) is 0 Å². The molecule has 0 radical (unpaired) electrons. The summed E-state index contributed by atoms with van der Waals surface area (Å²) in [5.41, 5.74) is 2.16. The Balaban J connectivity index is 2.16. The Hall–Kier alpha value is -2.70. The molecular formula is C13H12N4O3. The van der Waals surface area contributed by atoms with E-state index in [2.05, 4.69) is 10.1 Å². The summed E-state index contributed by atoms with van der Waals surface area (Å²) >= 11 is 0. The zero-order chi connectivity index (χ0) is 14.3. The van der Waals surface area contributed by atoms with Gasteiger partial charge in [0.1, 0.15) is 11.3 Å². The van der Waals surface area contributed by atoms with Crippen molar-refractivity contribution in [3.8, 4) is 11.3 Å². The summed E-state index contributed by atoms with van der Waals surface area (Å²) in [4.78, 5) is 14.6. The Morgan fingerprint density at radius 1 is 1.35 bits per heavy atom. The van der Waals surface area contributed by atoms with Crippen molar-refractivity contribution in [1.82, 2.24) is 14.7 Å². The predicted molar refractivity (Wildman–Crippen MR) is 72.3 cm³/mol. The van der Waals surface area contributed by atoms with E-state index in [1.54, 1.807) is 12.1 Å². The van der Waals surface area contributed by atoms with Crippen LogP contribution >= 0.6 is 0 Å². The van der Waals surface area contributed by atoms with Crippen molar-refractivity contribution in [2.45, 2.75) is 20.4 Å². The predicted octanol–water partition coefficient (Wildman–Crippen LogP) is 2.93. The van der Waals surface area contributed by atoms with Crippen molar-refractivity contribution >= 4 is 16.9 Å². The van der Waals surface area contributed by atoms with Gasteiger partial charge < -0.3 is 9.09 Å². The number of nitro benzene ring substituents is 1. The molecule has 0 saturated carbocycles. The third-order valence-electron chi connectivity index (χ3n) is 3.24. The summed E-state index contributed by atoms with van der Waals surface area (Å²) in [7, 11) is 0. The molecule has 2 aromatic heterocycles. The number of nitrogens with zero attached hydrogens (tertiary/aromatic N) is 4. The molecule has 20 heavy (non-hydrogen) atoms. The fourth-order valence-corrected chi connectivity index (χ4v) is 2.28. The molecule has 3 rings (SSSR count). The highest BCUT2D eigenvalue weighted by Crippen LogP contribution is 2.30. The lowest BCUT2D eigenvalue weighted by Crippen LogP contribution is -1.97. The van der Waals surface area contributed by atoms with Crippen molar-refractivity contribution in [2.24, 2.45) is 0 Å². The first-order valence-electron chi connectivity index (χ1n) is 6.19. The molecule has 0 aliphatic heterocycles. The van der Waals surface area contributed by atoms with Crippen molar-refractivity contribution in [2.75, 3.05) is 0 Å². The first-order valence-corrected chi connectivity index (χ1v) is 6.19. The number of hydrogen-bond acceptors (Lipinski definition) is 5. The molecule has 7 nitrogen and oxygen atoms in total. The van der Waals surface area contributed by atoms with Gasteiger partial charge in [-0.3, -0.25) is 10.1 Å². The van der Waals surface area contributed by atoms with Crippen molar-refractivity contribution in [3.63, 3.8) is 0 Å². The molecule has 0 aliphatic rings. The molecule has 0 aliphatic carbocycles. The second-order valence-corrected chi connectivity index (χ2v) is 4.39. The molecule has 0 bridgehead atoms. The number of hydrogen-bond donors (Lipinski definition) is 0. The lowest BCUT2D eigenvalue weighted by molar-refractivity contribution is -0.384. The molecule has 1 aromatic carbocycles. The third-order valence-corrected chi connectivity index (χ3v) is 3.24. The van der Waals surface area contributed by atoms with Gasteiger partial charge >= 0.3 is 0 Å². The van der Waals surface area contributed by atoms with Crippen LogP contribution in [0, 0.1) is 17.0 Å². The Bertz CT molecular complexity index is 786. The highest BCUT2D eigenvalue weighted by atomic mass is 16.6. The SMILES string of the molecule is CCn1c(C)nc2noc(-c3ccc([N+](=O)[O-])cc3)c21. The zero-order valence-corrected chi connectivity index (χ0v) is 11.0. The van der Waals surface area contributed by atoms with Crippen LogP contribution in [0.4, 0.5) is 5.69 Å². The van der Waals surface area contributed by atoms with Crippen molar-refractivity contribution in [1.29, 1.82) is 0 Å². The second kappa shape index (κ2) is 4.44. The summed E-state index contributed by atoms with van der Waals surface area (Å²) < 4.78 is 7.34. The van der Waals surface area contributed by atoms with Gasteiger partial charge in [-0.05, 0) is 26.0 Å². The Morgan fingerprint density at radius 3 is 2.65 bits per heavy atom. The number of rotatable bonds is 3. The van der Waals surface area contributed by atoms with Crippen LogP contribution < -0.4 is 0 Å². The lowest BCUT2D eigenvalue weighted by atomic mass is 10.1. The quantitative estimate of drug-likeness (QED) is 0.540. The fourth-order valence-electron chi connectivity index (χ4n) is 2.28. The van der Waals surface area contributed by atoms with Crippen LogP contribution in [-0.2, 0) is 6.54 Å². The molecule has 2 heterocycles. The molecule has 0 atom stereocenters. The maximum absolute atomic E-state index is 10.7. The summed E-state index contributed by atoms with van der Waals surface area (Å²) in [6.45, 7) is 4.68. The number of nitro groups is 1. The molecule has 0 amide bonds. The number of aromatic nitrogens is 3. The molecule has 0 spiro atoms. The summed E-state index contributed by atoms with van der Waals surface area (Å²) in [6, 6.07) is 6.20. The Kier molecular flexibility index (Phi) is 2.74. The molecule has 0 N–H and O–H groups in total. The molecule has 3 aromatic rings. The topological polar surface area (TPSA) is 87.0 Å². The van der Waals surface area contributed by atoms with Crippen molar-refractivity contribution in [3.05, 3.63) is 40.2 Å². The molecule has 0 unspecified atom stereocenters. The first-order chi connectivity index (χ1) is 9.61. The van der Waals surface area contributed by atoms with Crippen LogP contribution in [0.5, 0.6) is 0 Å². The van der Waals surface area contributed by atoms with E-state index in [0.29, 0.717) is 11.4 Å². The summed E-state index contributed by atoms with van der Waals surface area (Å²) in [5, 5.41) is 14.6. The standard InChI is InChI=1S/C13H12N4O3/c1-3-16-8(2)14-13-11(16)12(20-15-13)9-4-6-10(7-5-9)17(18)19/h4-7H,3H2,1-2H3. The third kappa shape index (κ3) is 1.75. The Morgan fingerprint density at radius 2 is 2.05 bits per heavy atom. The first kappa shape index (κ1) is 12.3. The Labute approximate surface area is 114 Å². The van der Waals surface area contributed by atoms with Gasteiger partial charge in [0, 0.05) is 24.2 Å². The molecule has 7 heteroatoms. The number of benzene rings is 1. The minimum atomic E-state index is -0.430. The van der Waals surface area contributed by atoms with Crippen LogP contribution in [0.25, 0.3) is 22.5 Å². The van der Waals surface area contributed by atoms with Gasteiger partial charge in [0.15, 0.2) is 5.76 Å². The highest BCUT2D eigenvalue weighted by Gasteiger charge is 2.18. The molecule has 0 fully saturated rings. The van der Waals surface area contributed by atoms with E-state index in [4.69, 9.17) is 4.52 Å². The normalized spacial score (nSPS) is 11.1. The average Bonchev–Trinajstić information content (AvgIpc) is 2.96. The maximum atomic E-state index is 10.7. The van der Waals surface area contributed by atoms with Crippen LogP contribution in [0.1, 0.15) is 12.7 Å². The largest absolute Gasteiger partial charge is 0.352 e. The van der Waals surface area contributed by atoms with E-state index in [0.717, 1.165) is 23.4 Å². The minimum Gasteiger partial charge on any atom is -0.352 e. The fraction of sp³-hybridized carbons (Fsp3) is 0.231. The molecular weight excluding hydrogens is 260 g/mol. The smallest absolute Gasteiger partial charge is 0.269 e. The van der Waals surface area contributed by atoms with E-state index in [1.165, 1.54) is 12.1 Å². The highest BCUT2D eigenvalue weighted by molar-refractivity contribution is 5.87.